The maximum atomic E-state index is 2.81. The summed E-state index contributed by atoms with van der Waals surface area (Å²) in [4.78, 5) is 0. The highest BCUT2D eigenvalue weighted by atomic mass is 14.5. The van der Waals surface area contributed by atoms with Gasteiger partial charge in [-0.05, 0) is 96.3 Å². The Morgan fingerprint density at radius 1 is 0.429 bits per heavy atom. The van der Waals surface area contributed by atoms with E-state index in [9.17, 15) is 0 Å². The number of unbranched alkanes of at least 4 members (excludes halogenated alkanes) is 28. The molecule has 3 aliphatic carbocycles. The second kappa shape index (κ2) is 28.4. The van der Waals surface area contributed by atoms with Gasteiger partial charge in [0.15, 0.2) is 0 Å². The van der Waals surface area contributed by atoms with E-state index >= 15 is 0 Å². The minimum atomic E-state index is 0.403. The third kappa shape index (κ3) is 15.9. The lowest BCUT2D eigenvalue weighted by molar-refractivity contribution is 0.148. The van der Waals surface area contributed by atoms with Gasteiger partial charge in [0.05, 0.1) is 0 Å². The first-order chi connectivity index (χ1) is 27.6. The van der Waals surface area contributed by atoms with Crippen molar-refractivity contribution in [2.45, 2.75) is 296 Å². The van der Waals surface area contributed by atoms with E-state index in [1.165, 1.54) is 257 Å². The van der Waals surface area contributed by atoms with Crippen molar-refractivity contribution in [1.29, 1.82) is 0 Å². The van der Waals surface area contributed by atoms with Crippen molar-refractivity contribution in [1.82, 2.24) is 0 Å². The average molecular weight is 771 g/mol. The maximum Gasteiger partial charge on any atom is -0.00459 e. The molecule has 0 bridgehead atoms. The van der Waals surface area contributed by atoms with Crippen LogP contribution < -0.4 is 0 Å². The fourth-order valence-electron chi connectivity index (χ4n) is 12.3. The zero-order chi connectivity index (χ0) is 39.6. The highest BCUT2D eigenvalue weighted by Gasteiger charge is 2.48. The van der Waals surface area contributed by atoms with E-state index in [0.717, 1.165) is 11.8 Å². The molecule has 2 unspecified atom stereocenters. The Labute approximate surface area is 352 Å². The monoisotopic (exact) mass is 771 g/mol. The second-order valence-corrected chi connectivity index (χ2v) is 20.3. The average Bonchev–Trinajstić information content (AvgIpc) is 3.21. The summed E-state index contributed by atoms with van der Waals surface area (Å²) >= 11 is 0. The van der Waals surface area contributed by atoms with Gasteiger partial charge in [0.1, 0.15) is 0 Å². The number of allylic oxidation sites excluding steroid dienone is 1. The summed E-state index contributed by atoms with van der Waals surface area (Å²) in [5, 5.41) is 0. The Bertz CT molecular complexity index is 1110. The number of benzene rings is 1. The summed E-state index contributed by atoms with van der Waals surface area (Å²) in [6.45, 7) is 9.39. The summed E-state index contributed by atoms with van der Waals surface area (Å²) < 4.78 is 0. The first-order valence-electron chi connectivity index (χ1n) is 26.5. The van der Waals surface area contributed by atoms with Gasteiger partial charge >= 0.3 is 0 Å². The van der Waals surface area contributed by atoms with E-state index in [-0.39, 0.29) is 0 Å². The first-order valence-corrected chi connectivity index (χ1v) is 26.5. The molecule has 0 nitrogen and oxygen atoms in total. The van der Waals surface area contributed by atoms with Gasteiger partial charge < -0.3 is 0 Å². The van der Waals surface area contributed by atoms with Crippen LogP contribution in [-0.2, 0) is 6.42 Å². The van der Waals surface area contributed by atoms with Gasteiger partial charge in [-0.1, -0.05) is 257 Å². The molecular weight excluding hydrogens is 673 g/mol. The summed E-state index contributed by atoms with van der Waals surface area (Å²) in [7, 11) is 0. The molecule has 0 saturated heterocycles. The van der Waals surface area contributed by atoms with Gasteiger partial charge in [-0.25, -0.2) is 0 Å². The van der Waals surface area contributed by atoms with Crippen LogP contribution >= 0.6 is 0 Å². The highest BCUT2D eigenvalue weighted by molar-refractivity contribution is 5.65. The Morgan fingerprint density at radius 2 is 0.821 bits per heavy atom. The van der Waals surface area contributed by atoms with Crippen LogP contribution in [0.1, 0.15) is 312 Å². The fraction of sp³-hybridized carbons (Fsp3) is 0.857. The lowest BCUT2D eigenvalue weighted by Crippen LogP contribution is -2.39. The van der Waals surface area contributed by atoms with Gasteiger partial charge in [0, 0.05) is 0 Å². The Balaban J connectivity index is 1.46. The summed E-state index contributed by atoms with van der Waals surface area (Å²) in [6.07, 6.45) is 63.4. The molecule has 0 aromatic heterocycles. The van der Waals surface area contributed by atoms with E-state index in [1.807, 2.05) is 16.7 Å². The first kappa shape index (κ1) is 47.6. The van der Waals surface area contributed by atoms with E-state index in [1.54, 1.807) is 5.56 Å². The van der Waals surface area contributed by atoms with Gasteiger partial charge in [0.25, 0.3) is 0 Å². The lowest BCUT2D eigenvalue weighted by atomic mass is 9.53. The predicted octanol–water partition coefficient (Wildman–Crippen LogP) is 19.7. The maximum absolute atomic E-state index is 2.81. The van der Waals surface area contributed by atoms with Crippen LogP contribution in [0.2, 0.25) is 0 Å². The van der Waals surface area contributed by atoms with Gasteiger partial charge in [0.2, 0.25) is 0 Å². The Hall–Kier alpha value is -1.04. The van der Waals surface area contributed by atoms with Crippen LogP contribution in [-0.4, -0.2) is 0 Å². The van der Waals surface area contributed by atoms with E-state index < -0.39 is 0 Å². The molecule has 3 aliphatic rings. The molecule has 4 rings (SSSR count). The van der Waals surface area contributed by atoms with E-state index in [2.05, 4.69) is 52.0 Å². The molecule has 322 valence electrons. The number of hydrogen-bond acceptors (Lipinski definition) is 0. The SMILES string of the molecule is CCCCCCCCCCC1(CCCCCCCCCC)Cc2ccc3c4c2C(CCC4C(CCCCCCCCCC)(CCCCCCCCCC)C=C3)C1. The number of rotatable bonds is 36. The predicted molar refractivity (Wildman–Crippen MR) is 252 cm³/mol. The second-order valence-electron chi connectivity index (χ2n) is 20.3. The number of hydrogen-bond donors (Lipinski definition) is 0. The Kier molecular flexibility index (Phi) is 24.2. The minimum Gasteiger partial charge on any atom is -0.0771 e. The molecule has 0 spiro atoms. The lowest BCUT2D eigenvalue weighted by Gasteiger charge is -2.51. The van der Waals surface area contributed by atoms with Crippen molar-refractivity contribution in [3.05, 3.63) is 40.5 Å². The van der Waals surface area contributed by atoms with Gasteiger partial charge in [-0.15, -0.1) is 0 Å². The zero-order valence-electron chi connectivity index (χ0n) is 38.7. The van der Waals surface area contributed by atoms with Crippen LogP contribution in [0.5, 0.6) is 0 Å². The molecule has 0 heteroatoms. The van der Waals surface area contributed by atoms with Crippen molar-refractivity contribution in [2.24, 2.45) is 10.8 Å². The summed E-state index contributed by atoms with van der Waals surface area (Å²) in [5.41, 5.74) is 8.18. The van der Waals surface area contributed by atoms with Gasteiger partial charge in [-0.3, -0.25) is 0 Å². The van der Waals surface area contributed by atoms with Crippen molar-refractivity contribution in [3.63, 3.8) is 0 Å². The van der Waals surface area contributed by atoms with E-state index in [4.69, 9.17) is 0 Å². The molecule has 0 heterocycles. The van der Waals surface area contributed by atoms with Crippen LogP contribution in [0.15, 0.2) is 18.2 Å². The third-order valence-corrected chi connectivity index (χ3v) is 15.6. The zero-order valence-corrected chi connectivity index (χ0v) is 38.7. The van der Waals surface area contributed by atoms with Crippen molar-refractivity contribution >= 4 is 6.08 Å². The summed E-state index contributed by atoms with van der Waals surface area (Å²) in [5.74, 6) is 1.60. The molecule has 56 heavy (non-hydrogen) atoms. The molecule has 0 saturated carbocycles. The normalized spacial score (nSPS) is 19.1. The fourth-order valence-corrected chi connectivity index (χ4v) is 12.3. The van der Waals surface area contributed by atoms with Crippen LogP contribution in [0.3, 0.4) is 0 Å². The molecule has 0 fully saturated rings. The van der Waals surface area contributed by atoms with Crippen LogP contribution in [0.4, 0.5) is 0 Å². The molecule has 0 radical (unpaired) electrons. The minimum absolute atomic E-state index is 0.403. The molecule has 2 atom stereocenters. The van der Waals surface area contributed by atoms with Crippen molar-refractivity contribution in [3.8, 4) is 0 Å². The quantitative estimate of drug-likeness (QED) is 0.0596. The topological polar surface area (TPSA) is 0 Å². The standard InChI is InChI=1S/C56H98/c1-5-9-13-17-21-25-29-33-42-55(43-34-30-26-22-18-14-10-6-2)47-50-38-37-49-41-46-56(44-35-31-27-23-19-15-11-7-3,45-36-32-28-24-20-16-12-8-4)52-40-39-51(48-55)53(50)54(49)52/h37-38,41,46,51-52H,5-36,39-40,42-45,47-48H2,1-4H3. The molecule has 0 amide bonds. The molecule has 0 aliphatic heterocycles. The van der Waals surface area contributed by atoms with Gasteiger partial charge in [-0.2, -0.15) is 0 Å². The summed E-state index contributed by atoms with van der Waals surface area (Å²) in [6, 6.07) is 5.27. The van der Waals surface area contributed by atoms with E-state index in [0.29, 0.717) is 10.8 Å². The smallest absolute Gasteiger partial charge is 0.00459 e. The molecule has 1 aromatic rings. The van der Waals surface area contributed by atoms with Crippen molar-refractivity contribution < 1.29 is 0 Å². The largest absolute Gasteiger partial charge is 0.0771 e. The molecule has 0 N–H and O–H groups in total. The van der Waals surface area contributed by atoms with Crippen LogP contribution in [0, 0.1) is 10.8 Å². The molecular formula is C56H98. The van der Waals surface area contributed by atoms with Crippen molar-refractivity contribution in [2.75, 3.05) is 0 Å². The third-order valence-electron chi connectivity index (χ3n) is 15.6. The molecule has 1 aromatic carbocycles. The highest BCUT2D eigenvalue weighted by Crippen LogP contribution is 2.61. The van der Waals surface area contributed by atoms with Crippen LogP contribution in [0.25, 0.3) is 6.08 Å². The Morgan fingerprint density at radius 3 is 1.25 bits per heavy atom.